The molecule has 0 aromatic heterocycles. The molecule has 0 aromatic carbocycles. The summed E-state index contributed by atoms with van der Waals surface area (Å²) in [5.74, 6) is 2.58. The SMILES string of the molecule is CCCCC1CCN(CCN2CCCCC2)C[C@@H]2O[C@H](C[C@H]2CC2CCCC2)C23C[C@@H]4[C@H](C)CC[C@H]4C4(C=O)CC2C=C(C(C)C1)[C@]43C(=O)O. The molecule has 3 heterocycles. The second-order valence-electron chi connectivity index (χ2n) is 19.4. The Labute approximate surface area is 303 Å². The van der Waals surface area contributed by atoms with Gasteiger partial charge in [0.25, 0.3) is 0 Å². The number of ether oxygens (including phenoxy) is 1. The van der Waals surface area contributed by atoms with Crippen LogP contribution in [0.4, 0.5) is 0 Å². The van der Waals surface area contributed by atoms with Crippen LogP contribution in [0.3, 0.4) is 0 Å². The lowest BCUT2D eigenvalue weighted by Gasteiger charge is -2.60. The zero-order chi connectivity index (χ0) is 34.7. The number of rotatable bonds is 10. The lowest BCUT2D eigenvalue weighted by atomic mass is 9.41. The Morgan fingerprint density at radius 2 is 1.72 bits per heavy atom. The Morgan fingerprint density at radius 1 is 0.940 bits per heavy atom. The van der Waals surface area contributed by atoms with Crippen LogP contribution in [0.2, 0.25) is 0 Å². The number of carbonyl (C=O) groups is 2. The average Bonchev–Trinajstić information content (AvgIpc) is 3.94. The normalized spacial score (nSPS) is 46.6. The molecular weight excluding hydrogens is 620 g/mol. The summed E-state index contributed by atoms with van der Waals surface area (Å²) in [7, 11) is 0. The number of piperidine rings is 1. The number of aliphatic carboxylic acids is 1. The molecule has 8 rings (SSSR count). The third-order valence-corrected chi connectivity index (χ3v) is 17.1. The maximum atomic E-state index is 14.6. The first-order chi connectivity index (χ1) is 24.3. The fourth-order valence-corrected chi connectivity index (χ4v) is 14.9. The summed E-state index contributed by atoms with van der Waals surface area (Å²) in [4.78, 5) is 34.0. The molecule has 8 aliphatic rings. The van der Waals surface area contributed by atoms with Crippen molar-refractivity contribution in [3.8, 4) is 0 Å². The van der Waals surface area contributed by atoms with Crippen molar-refractivity contribution >= 4 is 12.3 Å². The summed E-state index contributed by atoms with van der Waals surface area (Å²) in [6.45, 7) is 13.9. The van der Waals surface area contributed by atoms with Crippen molar-refractivity contribution < 1.29 is 19.4 Å². The van der Waals surface area contributed by atoms with Crippen molar-refractivity contribution in [2.45, 2.75) is 149 Å². The predicted octanol–water partition coefficient (Wildman–Crippen LogP) is 8.63. The van der Waals surface area contributed by atoms with Crippen LogP contribution in [0.15, 0.2) is 11.6 Å². The number of carboxylic acids is 1. The van der Waals surface area contributed by atoms with Crippen LogP contribution < -0.4 is 0 Å². The zero-order valence-electron chi connectivity index (χ0n) is 32.0. The highest BCUT2D eigenvalue weighted by Gasteiger charge is 2.86. The Bertz CT molecular complexity index is 1270. The third kappa shape index (κ3) is 5.47. The Hall–Kier alpha value is -1.24. The third-order valence-electron chi connectivity index (χ3n) is 17.1. The average molecular weight is 691 g/mol. The van der Waals surface area contributed by atoms with E-state index in [1.165, 1.54) is 96.4 Å². The minimum Gasteiger partial charge on any atom is -0.481 e. The van der Waals surface area contributed by atoms with E-state index in [1.54, 1.807) is 0 Å². The molecule has 12 atom stereocenters. The highest BCUT2D eigenvalue weighted by Crippen LogP contribution is 2.84. The molecule has 0 amide bonds. The van der Waals surface area contributed by atoms with E-state index in [9.17, 15) is 14.7 Å². The van der Waals surface area contributed by atoms with Gasteiger partial charge in [-0.25, -0.2) is 0 Å². The molecule has 3 saturated heterocycles. The highest BCUT2D eigenvalue weighted by atomic mass is 16.5. The Morgan fingerprint density at radius 3 is 2.46 bits per heavy atom. The van der Waals surface area contributed by atoms with Gasteiger partial charge in [-0.3, -0.25) is 9.69 Å². The number of aldehydes is 1. The van der Waals surface area contributed by atoms with Crippen molar-refractivity contribution in [1.29, 1.82) is 0 Å². The Balaban J connectivity index is 1.21. The van der Waals surface area contributed by atoms with Gasteiger partial charge >= 0.3 is 5.97 Å². The van der Waals surface area contributed by atoms with Crippen molar-refractivity contribution in [2.24, 2.45) is 63.6 Å². The number of hydrogen-bond acceptors (Lipinski definition) is 5. The van der Waals surface area contributed by atoms with E-state index in [0.717, 1.165) is 76.2 Å². The van der Waals surface area contributed by atoms with Gasteiger partial charge in [-0.2, -0.15) is 0 Å². The summed E-state index contributed by atoms with van der Waals surface area (Å²) in [6.07, 6.45) is 25.1. The molecule has 0 aromatic rings. The van der Waals surface area contributed by atoms with Crippen LogP contribution >= 0.6 is 0 Å². The predicted molar refractivity (Wildman–Crippen MR) is 199 cm³/mol. The number of unbranched alkanes of at least 4 members (excludes halogenated alkanes) is 1. The van der Waals surface area contributed by atoms with E-state index in [4.69, 9.17) is 4.74 Å². The van der Waals surface area contributed by atoms with Gasteiger partial charge in [-0.15, -0.1) is 0 Å². The number of likely N-dealkylation sites (tertiary alicyclic amines) is 1. The molecule has 5 unspecified atom stereocenters. The zero-order valence-corrected chi connectivity index (χ0v) is 32.0. The van der Waals surface area contributed by atoms with Crippen LogP contribution in [0.1, 0.15) is 136 Å². The number of hydrogen-bond donors (Lipinski definition) is 1. The number of nitrogens with zero attached hydrogens (tertiary/aromatic N) is 2. The first-order valence-corrected chi connectivity index (χ1v) is 21.8. The van der Waals surface area contributed by atoms with Crippen LogP contribution in [-0.4, -0.2) is 78.6 Å². The van der Waals surface area contributed by atoms with E-state index in [0.29, 0.717) is 23.7 Å². The molecule has 50 heavy (non-hydrogen) atoms. The summed E-state index contributed by atoms with van der Waals surface area (Å²) < 4.78 is 7.62. The van der Waals surface area contributed by atoms with Crippen LogP contribution in [0.25, 0.3) is 0 Å². The van der Waals surface area contributed by atoms with Crippen molar-refractivity contribution in [2.75, 3.05) is 39.3 Å². The van der Waals surface area contributed by atoms with Gasteiger partial charge in [0.15, 0.2) is 0 Å². The van der Waals surface area contributed by atoms with Crippen molar-refractivity contribution in [3.63, 3.8) is 0 Å². The van der Waals surface area contributed by atoms with Crippen LogP contribution in [0, 0.1) is 63.6 Å². The van der Waals surface area contributed by atoms with Gasteiger partial charge in [0.2, 0.25) is 0 Å². The molecule has 4 saturated carbocycles. The summed E-state index contributed by atoms with van der Waals surface area (Å²) in [6, 6.07) is 0. The maximum absolute atomic E-state index is 14.6. The molecule has 3 aliphatic heterocycles. The molecule has 1 N–H and O–H groups in total. The van der Waals surface area contributed by atoms with Gasteiger partial charge < -0.3 is 19.5 Å². The van der Waals surface area contributed by atoms with Gasteiger partial charge in [0.1, 0.15) is 11.7 Å². The van der Waals surface area contributed by atoms with Gasteiger partial charge in [-0.1, -0.05) is 90.2 Å². The van der Waals surface area contributed by atoms with Crippen LogP contribution in [-0.2, 0) is 14.3 Å². The van der Waals surface area contributed by atoms with Gasteiger partial charge in [0.05, 0.1) is 17.6 Å². The molecular formula is C44H70N2O4. The Kier molecular flexibility index (Phi) is 10.2. The topological polar surface area (TPSA) is 70.1 Å². The molecule has 6 nitrogen and oxygen atoms in total. The molecule has 7 bridgehead atoms. The minimum absolute atomic E-state index is 0.0860. The lowest BCUT2D eigenvalue weighted by Crippen LogP contribution is -2.65. The van der Waals surface area contributed by atoms with E-state index < -0.39 is 22.2 Å². The lowest BCUT2D eigenvalue weighted by molar-refractivity contribution is -0.197. The fourth-order valence-electron chi connectivity index (χ4n) is 14.9. The molecule has 280 valence electrons. The number of fused-ring (bicyclic) bond motifs is 4. The number of allylic oxidation sites excluding steroid dienone is 1. The second-order valence-corrected chi connectivity index (χ2v) is 19.4. The molecule has 6 heteroatoms. The largest absolute Gasteiger partial charge is 0.481 e. The summed E-state index contributed by atoms with van der Waals surface area (Å²) >= 11 is 0. The van der Waals surface area contributed by atoms with Crippen LogP contribution in [0.5, 0.6) is 0 Å². The standard InChI is InChI=1S/C44H70N2O4/c1-4-5-11-33-16-19-46(21-20-45-17-9-6-10-18-45)28-39-34(23-32-12-7-8-13-32)24-40(50-39)43-27-36-30(2)14-15-37(36)42(29-47)26-35(43)25-38(31(3)22-33)44(42,43)41(48)49/h25,29-37,39-40H,4-24,26-28H2,1-3H3,(H,48,49)/t30-,31?,33?,34-,35?,36-,37-,39+,40-,42?,43?,44+/m1/s1. The molecule has 0 radical (unpaired) electrons. The molecule has 7 fully saturated rings. The second kappa shape index (κ2) is 14.2. The maximum Gasteiger partial charge on any atom is 0.315 e. The fraction of sp³-hybridized carbons (Fsp3) is 0.909. The number of carboxylic acid groups (broad SMARTS) is 1. The summed E-state index contributed by atoms with van der Waals surface area (Å²) in [5.41, 5.74) is -1.31. The van der Waals surface area contributed by atoms with Crippen molar-refractivity contribution in [3.05, 3.63) is 11.6 Å². The van der Waals surface area contributed by atoms with E-state index in [-0.39, 0.29) is 30.0 Å². The molecule has 0 spiro atoms. The van der Waals surface area contributed by atoms with E-state index in [2.05, 4.69) is 36.6 Å². The summed E-state index contributed by atoms with van der Waals surface area (Å²) in [5, 5.41) is 12.0. The minimum atomic E-state index is -1.13. The first-order valence-electron chi connectivity index (χ1n) is 21.8. The monoisotopic (exact) mass is 691 g/mol. The van der Waals surface area contributed by atoms with Gasteiger partial charge in [-0.05, 0) is 125 Å². The molecule has 5 aliphatic carbocycles. The van der Waals surface area contributed by atoms with E-state index in [1.807, 2.05) is 0 Å². The van der Waals surface area contributed by atoms with Crippen molar-refractivity contribution in [1.82, 2.24) is 9.80 Å². The smallest absolute Gasteiger partial charge is 0.315 e. The van der Waals surface area contributed by atoms with Gasteiger partial charge in [0, 0.05) is 25.0 Å². The van der Waals surface area contributed by atoms with E-state index >= 15 is 0 Å². The number of carbonyl (C=O) groups excluding carboxylic acids is 1. The quantitative estimate of drug-likeness (QED) is 0.183. The highest BCUT2D eigenvalue weighted by molar-refractivity contribution is 5.90. The first kappa shape index (κ1) is 35.8.